The Bertz CT molecular complexity index is 471. The Kier molecular flexibility index (Phi) is 5.12. The molecule has 1 heterocycles. The average molecular weight is 293 g/mol. The molecule has 4 heteroatoms. The van der Waals surface area contributed by atoms with E-state index in [0.717, 1.165) is 30.8 Å². The van der Waals surface area contributed by atoms with E-state index in [-0.39, 0.29) is 5.54 Å². The van der Waals surface area contributed by atoms with Crippen LogP contribution in [0.1, 0.15) is 44.8 Å². The van der Waals surface area contributed by atoms with Crippen molar-refractivity contribution < 1.29 is 14.6 Å². The van der Waals surface area contributed by atoms with Crippen molar-refractivity contribution >= 4 is 0 Å². The van der Waals surface area contributed by atoms with Crippen molar-refractivity contribution in [1.82, 2.24) is 4.90 Å². The number of likely N-dealkylation sites (tertiary alicyclic amines) is 1. The second-order valence-corrected chi connectivity index (χ2v) is 5.92. The van der Waals surface area contributed by atoms with Gasteiger partial charge in [0.05, 0.1) is 14.2 Å². The monoisotopic (exact) mass is 293 g/mol. The van der Waals surface area contributed by atoms with Gasteiger partial charge in [-0.15, -0.1) is 0 Å². The molecule has 0 saturated carbocycles. The molecule has 2 unspecified atom stereocenters. The SMILES string of the molecule is CCC(C)(C(O)c1ccc(OC)cc1OC)N1CCCC1. The zero-order chi connectivity index (χ0) is 15.5. The summed E-state index contributed by atoms with van der Waals surface area (Å²) in [6.07, 6.45) is 2.73. The standard InChI is InChI=1S/C17H27NO3/c1-5-17(2,18-10-6-7-11-18)16(19)14-9-8-13(20-3)12-15(14)21-4/h8-9,12,16,19H,5-7,10-11H2,1-4H3. The highest BCUT2D eigenvalue weighted by atomic mass is 16.5. The number of hydrogen-bond acceptors (Lipinski definition) is 4. The van der Waals surface area contributed by atoms with E-state index in [1.165, 1.54) is 12.8 Å². The predicted molar refractivity (Wildman–Crippen MR) is 84.0 cm³/mol. The number of nitrogens with zero attached hydrogens (tertiary/aromatic N) is 1. The molecule has 0 aromatic heterocycles. The van der Waals surface area contributed by atoms with Gasteiger partial charge in [-0.3, -0.25) is 4.90 Å². The third-order valence-corrected chi connectivity index (χ3v) is 4.87. The Balaban J connectivity index is 2.34. The van der Waals surface area contributed by atoms with Crippen molar-refractivity contribution in [3.63, 3.8) is 0 Å². The van der Waals surface area contributed by atoms with E-state index in [9.17, 15) is 5.11 Å². The average Bonchev–Trinajstić information content (AvgIpc) is 3.07. The summed E-state index contributed by atoms with van der Waals surface area (Å²) >= 11 is 0. The van der Waals surface area contributed by atoms with Gasteiger partial charge in [0.2, 0.25) is 0 Å². The molecule has 2 rings (SSSR count). The highest BCUT2D eigenvalue weighted by Gasteiger charge is 2.40. The van der Waals surface area contributed by atoms with Crippen molar-refractivity contribution in [2.24, 2.45) is 0 Å². The minimum Gasteiger partial charge on any atom is -0.497 e. The van der Waals surface area contributed by atoms with E-state index in [2.05, 4.69) is 18.7 Å². The van der Waals surface area contributed by atoms with Crippen molar-refractivity contribution in [3.8, 4) is 11.5 Å². The molecule has 2 atom stereocenters. The molecule has 118 valence electrons. The molecule has 1 aliphatic rings. The van der Waals surface area contributed by atoms with E-state index >= 15 is 0 Å². The molecule has 0 spiro atoms. The first-order valence-electron chi connectivity index (χ1n) is 7.72. The van der Waals surface area contributed by atoms with Gasteiger partial charge in [0.1, 0.15) is 17.6 Å². The number of methoxy groups -OCH3 is 2. The second kappa shape index (κ2) is 6.67. The van der Waals surface area contributed by atoms with Crippen LogP contribution in [0, 0.1) is 0 Å². The number of rotatable bonds is 6. The fourth-order valence-electron chi connectivity index (χ4n) is 3.20. The Hall–Kier alpha value is -1.26. The predicted octanol–water partition coefficient (Wildman–Crippen LogP) is 3.00. The largest absolute Gasteiger partial charge is 0.497 e. The van der Waals surface area contributed by atoms with Crippen LogP contribution < -0.4 is 9.47 Å². The third-order valence-electron chi connectivity index (χ3n) is 4.87. The lowest BCUT2D eigenvalue weighted by Crippen LogP contribution is -2.49. The summed E-state index contributed by atoms with van der Waals surface area (Å²) in [6.45, 7) is 6.39. The van der Waals surface area contributed by atoms with E-state index < -0.39 is 6.10 Å². The molecule has 1 aromatic rings. The van der Waals surface area contributed by atoms with E-state index in [4.69, 9.17) is 9.47 Å². The lowest BCUT2D eigenvalue weighted by Gasteiger charge is -2.42. The fourth-order valence-corrected chi connectivity index (χ4v) is 3.20. The molecule has 21 heavy (non-hydrogen) atoms. The normalized spacial score (nSPS) is 20.0. The van der Waals surface area contributed by atoms with Crippen molar-refractivity contribution in [3.05, 3.63) is 23.8 Å². The number of aliphatic hydroxyl groups is 1. The van der Waals surface area contributed by atoms with Crippen LogP contribution in [0.4, 0.5) is 0 Å². The Labute approximate surface area is 127 Å². The minimum atomic E-state index is -0.582. The summed E-state index contributed by atoms with van der Waals surface area (Å²) in [4.78, 5) is 2.40. The summed E-state index contributed by atoms with van der Waals surface area (Å²) in [5.41, 5.74) is 0.563. The van der Waals surface area contributed by atoms with Crippen LogP contribution >= 0.6 is 0 Å². The van der Waals surface area contributed by atoms with Gasteiger partial charge in [-0.2, -0.15) is 0 Å². The van der Waals surface area contributed by atoms with Gasteiger partial charge in [-0.25, -0.2) is 0 Å². The quantitative estimate of drug-likeness (QED) is 0.875. The molecule has 0 amide bonds. The van der Waals surface area contributed by atoms with Crippen molar-refractivity contribution in [2.45, 2.75) is 44.8 Å². The van der Waals surface area contributed by atoms with Crippen molar-refractivity contribution in [1.29, 1.82) is 0 Å². The highest BCUT2D eigenvalue weighted by Crippen LogP contribution is 2.40. The molecule has 1 aromatic carbocycles. The number of benzene rings is 1. The summed E-state index contributed by atoms with van der Waals surface area (Å²) in [5, 5.41) is 11.0. The van der Waals surface area contributed by atoms with Gasteiger partial charge in [-0.05, 0) is 51.4 Å². The van der Waals surface area contributed by atoms with Crippen LogP contribution in [-0.4, -0.2) is 42.9 Å². The lowest BCUT2D eigenvalue weighted by molar-refractivity contribution is -0.0151. The van der Waals surface area contributed by atoms with Crippen LogP contribution in [0.5, 0.6) is 11.5 Å². The minimum absolute atomic E-state index is 0.266. The molecule has 4 nitrogen and oxygen atoms in total. The van der Waals surface area contributed by atoms with Crippen LogP contribution in [-0.2, 0) is 0 Å². The zero-order valence-corrected chi connectivity index (χ0v) is 13.6. The van der Waals surface area contributed by atoms with E-state index in [1.54, 1.807) is 14.2 Å². The maximum Gasteiger partial charge on any atom is 0.128 e. The molecule has 0 aliphatic carbocycles. The molecule has 1 aliphatic heterocycles. The lowest BCUT2D eigenvalue weighted by atomic mass is 9.85. The number of hydrogen-bond donors (Lipinski definition) is 1. The van der Waals surface area contributed by atoms with Crippen molar-refractivity contribution in [2.75, 3.05) is 27.3 Å². The van der Waals surface area contributed by atoms with Gasteiger partial charge >= 0.3 is 0 Å². The van der Waals surface area contributed by atoms with Crippen LogP contribution in [0.3, 0.4) is 0 Å². The first-order chi connectivity index (χ1) is 10.1. The van der Waals surface area contributed by atoms with E-state index in [0.29, 0.717) is 5.75 Å². The number of aliphatic hydroxyl groups excluding tert-OH is 1. The smallest absolute Gasteiger partial charge is 0.128 e. The molecular weight excluding hydrogens is 266 g/mol. The van der Waals surface area contributed by atoms with Gasteiger partial charge in [0, 0.05) is 17.2 Å². The summed E-state index contributed by atoms with van der Waals surface area (Å²) in [5.74, 6) is 1.42. The van der Waals surface area contributed by atoms with Gasteiger partial charge < -0.3 is 14.6 Å². The number of ether oxygens (including phenoxy) is 2. The van der Waals surface area contributed by atoms with Crippen LogP contribution in [0.2, 0.25) is 0 Å². The van der Waals surface area contributed by atoms with Gasteiger partial charge in [-0.1, -0.05) is 6.92 Å². The molecule has 0 radical (unpaired) electrons. The zero-order valence-electron chi connectivity index (χ0n) is 13.6. The Morgan fingerprint density at radius 3 is 2.43 bits per heavy atom. The fraction of sp³-hybridized carbons (Fsp3) is 0.647. The molecule has 1 fully saturated rings. The maximum absolute atomic E-state index is 11.0. The summed E-state index contributed by atoms with van der Waals surface area (Å²) < 4.78 is 10.7. The Morgan fingerprint density at radius 2 is 1.90 bits per heavy atom. The second-order valence-electron chi connectivity index (χ2n) is 5.92. The van der Waals surface area contributed by atoms with Gasteiger partial charge in [0.25, 0.3) is 0 Å². The van der Waals surface area contributed by atoms with Crippen LogP contribution in [0.15, 0.2) is 18.2 Å². The topological polar surface area (TPSA) is 41.9 Å². The van der Waals surface area contributed by atoms with Crippen LogP contribution in [0.25, 0.3) is 0 Å². The molecule has 1 saturated heterocycles. The molecule has 1 N–H and O–H groups in total. The van der Waals surface area contributed by atoms with Gasteiger partial charge in [0.15, 0.2) is 0 Å². The first kappa shape index (κ1) is 16.1. The first-order valence-corrected chi connectivity index (χ1v) is 7.72. The molecular formula is C17H27NO3. The summed E-state index contributed by atoms with van der Waals surface area (Å²) in [7, 11) is 3.26. The van der Waals surface area contributed by atoms with E-state index in [1.807, 2.05) is 18.2 Å². The molecule has 0 bridgehead atoms. The maximum atomic E-state index is 11.0. The Morgan fingerprint density at radius 1 is 1.24 bits per heavy atom. The summed E-state index contributed by atoms with van der Waals surface area (Å²) in [6, 6.07) is 5.62. The highest BCUT2D eigenvalue weighted by molar-refractivity contribution is 5.43. The third kappa shape index (κ3) is 3.01.